The van der Waals surface area contributed by atoms with Crippen molar-refractivity contribution in [3.8, 4) is 0 Å². The van der Waals surface area contributed by atoms with Gasteiger partial charge in [-0.15, -0.1) is 0 Å². The zero-order valence-corrected chi connectivity index (χ0v) is 16.3. The minimum Gasteiger partial charge on any atom is -0.465 e. The summed E-state index contributed by atoms with van der Waals surface area (Å²) in [4.78, 5) is 6.85. The van der Waals surface area contributed by atoms with Gasteiger partial charge in [-0.25, -0.2) is 0 Å². The van der Waals surface area contributed by atoms with Crippen LogP contribution in [0.4, 0.5) is 0 Å². The molecule has 0 amide bonds. The van der Waals surface area contributed by atoms with Crippen molar-refractivity contribution in [3.63, 3.8) is 0 Å². The lowest BCUT2D eigenvalue weighted by molar-refractivity contribution is 0.123. The number of nitrogens with one attached hydrogen (secondary N) is 2. The van der Waals surface area contributed by atoms with E-state index in [9.17, 15) is 0 Å². The Bertz CT molecular complexity index is 562. The van der Waals surface area contributed by atoms with Gasteiger partial charge in [-0.05, 0) is 70.2 Å². The Morgan fingerprint density at radius 3 is 2.77 bits per heavy atom. The molecule has 2 N–H and O–H groups in total. The number of furan rings is 1. The standard InChI is InChI=1S/C20H34N4O2/c1-16-6-9-19(26-16)18(24-11-3-4-12-24)14-23-20(21-2)22-10-5-13-25-15-17-7-8-17/h6,9,17-18H,3-5,7-8,10-15H2,1-2H3,(H2,21,22,23). The second kappa shape index (κ2) is 9.97. The Balaban J connectivity index is 1.40. The predicted molar refractivity (Wildman–Crippen MR) is 105 cm³/mol. The molecule has 2 heterocycles. The van der Waals surface area contributed by atoms with Crippen LogP contribution in [0.3, 0.4) is 0 Å². The maximum absolute atomic E-state index is 5.92. The fourth-order valence-corrected chi connectivity index (χ4v) is 3.42. The van der Waals surface area contributed by atoms with Crippen molar-refractivity contribution in [3.05, 3.63) is 23.7 Å². The summed E-state index contributed by atoms with van der Waals surface area (Å²) in [6.45, 7) is 7.70. The predicted octanol–water partition coefficient (Wildman–Crippen LogP) is 2.71. The van der Waals surface area contributed by atoms with Crippen LogP contribution in [0.2, 0.25) is 0 Å². The molecule has 1 aliphatic heterocycles. The number of nitrogens with zero attached hydrogens (tertiary/aromatic N) is 2. The fraction of sp³-hybridized carbons (Fsp3) is 0.750. The van der Waals surface area contributed by atoms with E-state index in [4.69, 9.17) is 9.15 Å². The number of likely N-dealkylation sites (tertiary alicyclic amines) is 1. The molecule has 1 saturated carbocycles. The number of ether oxygens (including phenoxy) is 1. The molecule has 1 aromatic heterocycles. The normalized spacial score (nSPS) is 19.7. The summed E-state index contributed by atoms with van der Waals surface area (Å²) in [5.41, 5.74) is 0. The van der Waals surface area contributed by atoms with Crippen molar-refractivity contribution in [2.24, 2.45) is 10.9 Å². The van der Waals surface area contributed by atoms with E-state index in [-0.39, 0.29) is 6.04 Å². The van der Waals surface area contributed by atoms with Crippen molar-refractivity contribution >= 4 is 5.96 Å². The number of aryl methyl sites for hydroxylation is 1. The minimum atomic E-state index is 0.256. The highest BCUT2D eigenvalue weighted by Crippen LogP contribution is 2.28. The summed E-state index contributed by atoms with van der Waals surface area (Å²) in [5, 5.41) is 6.86. The van der Waals surface area contributed by atoms with Crippen molar-refractivity contribution < 1.29 is 9.15 Å². The maximum Gasteiger partial charge on any atom is 0.191 e. The highest BCUT2D eigenvalue weighted by molar-refractivity contribution is 5.79. The highest BCUT2D eigenvalue weighted by atomic mass is 16.5. The van der Waals surface area contributed by atoms with Crippen molar-refractivity contribution in [2.75, 3.05) is 46.4 Å². The van der Waals surface area contributed by atoms with Crippen LogP contribution in [0.25, 0.3) is 0 Å². The molecule has 1 aliphatic carbocycles. The summed E-state index contributed by atoms with van der Waals surface area (Å²) in [6, 6.07) is 4.41. The van der Waals surface area contributed by atoms with Gasteiger partial charge in [0.1, 0.15) is 11.5 Å². The van der Waals surface area contributed by atoms with E-state index >= 15 is 0 Å². The van der Waals surface area contributed by atoms with Gasteiger partial charge in [0.05, 0.1) is 6.04 Å². The van der Waals surface area contributed by atoms with Crippen LogP contribution in [0.5, 0.6) is 0 Å². The molecule has 0 bridgehead atoms. The van der Waals surface area contributed by atoms with E-state index < -0.39 is 0 Å². The molecule has 1 aromatic rings. The lowest BCUT2D eigenvalue weighted by Gasteiger charge is -2.26. The van der Waals surface area contributed by atoms with E-state index in [1.54, 1.807) is 0 Å². The van der Waals surface area contributed by atoms with Crippen LogP contribution in [0.1, 0.15) is 49.7 Å². The third kappa shape index (κ3) is 6.02. The van der Waals surface area contributed by atoms with Gasteiger partial charge in [-0.3, -0.25) is 9.89 Å². The van der Waals surface area contributed by atoms with Crippen LogP contribution in [-0.2, 0) is 4.74 Å². The first-order valence-corrected chi connectivity index (χ1v) is 10.1. The van der Waals surface area contributed by atoms with E-state index in [1.807, 2.05) is 20.0 Å². The van der Waals surface area contributed by atoms with Gasteiger partial charge in [-0.1, -0.05) is 0 Å². The van der Waals surface area contributed by atoms with Gasteiger partial charge in [0, 0.05) is 33.4 Å². The van der Waals surface area contributed by atoms with Gasteiger partial charge in [0.2, 0.25) is 0 Å². The Morgan fingerprint density at radius 2 is 2.12 bits per heavy atom. The van der Waals surface area contributed by atoms with Crippen molar-refractivity contribution in [1.82, 2.24) is 15.5 Å². The SMILES string of the molecule is CN=C(NCCCOCC1CC1)NCC(c1ccc(C)o1)N1CCCC1. The minimum absolute atomic E-state index is 0.256. The van der Waals surface area contributed by atoms with Gasteiger partial charge in [0.25, 0.3) is 0 Å². The first-order valence-electron chi connectivity index (χ1n) is 10.1. The molecular weight excluding hydrogens is 328 g/mol. The molecule has 3 rings (SSSR count). The molecule has 1 saturated heterocycles. The second-order valence-electron chi connectivity index (χ2n) is 7.46. The third-order valence-electron chi connectivity index (χ3n) is 5.17. The molecule has 1 unspecified atom stereocenters. The first-order chi connectivity index (χ1) is 12.8. The van der Waals surface area contributed by atoms with E-state index in [0.29, 0.717) is 0 Å². The number of hydrogen-bond donors (Lipinski definition) is 2. The molecule has 1 atom stereocenters. The van der Waals surface area contributed by atoms with Crippen LogP contribution in [0, 0.1) is 12.8 Å². The lowest BCUT2D eigenvalue weighted by atomic mass is 10.2. The molecule has 0 spiro atoms. The molecule has 0 aromatic carbocycles. The number of guanidine groups is 1. The summed E-state index contributed by atoms with van der Waals surface area (Å²) in [7, 11) is 1.82. The smallest absolute Gasteiger partial charge is 0.191 e. The second-order valence-corrected chi connectivity index (χ2v) is 7.46. The quantitative estimate of drug-likeness (QED) is 0.381. The highest BCUT2D eigenvalue weighted by Gasteiger charge is 2.26. The topological polar surface area (TPSA) is 62.0 Å². The Kier molecular flexibility index (Phi) is 7.38. The van der Waals surface area contributed by atoms with Gasteiger partial charge in [0.15, 0.2) is 5.96 Å². The summed E-state index contributed by atoms with van der Waals surface area (Å²) >= 11 is 0. The Hall–Kier alpha value is -1.53. The zero-order valence-electron chi connectivity index (χ0n) is 16.3. The molecule has 26 heavy (non-hydrogen) atoms. The molecular formula is C20H34N4O2. The van der Waals surface area contributed by atoms with Gasteiger partial charge >= 0.3 is 0 Å². The average Bonchev–Trinajstić information content (AvgIpc) is 3.12. The third-order valence-corrected chi connectivity index (χ3v) is 5.17. The number of aliphatic imine (C=N–C) groups is 1. The summed E-state index contributed by atoms with van der Waals surface area (Å²) in [6.07, 6.45) is 6.23. The zero-order chi connectivity index (χ0) is 18.2. The van der Waals surface area contributed by atoms with E-state index in [1.165, 1.54) is 25.7 Å². The Morgan fingerprint density at radius 1 is 1.31 bits per heavy atom. The maximum atomic E-state index is 5.92. The monoisotopic (exact) mass is 362 g/mol. The molecule has 2 fully saturated rings. The number of hydrogen-bond acceptors (Lipinski definition) is 4. The fourth-order valence-electron chi connectivity index (χ4n) is 3.42. The molecule has 2 aliphatic rings. The molecule has 146 valence electrons. The largest absolute Gasteiger partial charge is 0.465 e. The molecule has 6 heteroatoms. The van der Waals surface area contributed by atoms with Crippen LogP contribution >= 0.6 is 0 Å². The van der Waals surface area contributed by atoms with Gasteiger partial charge in [-0.2, -0.15) is 0 Å². The van der Waals surface area contributed by atoms with Crippen molar-refractivity contribution in [1.29, 1.82) is 0 Å². The van der Waals surface area contributed by atoms with Crippen LogP contribution < -0.4 is 10.6 Å². The van der Waals surface area contributed by atoms with E-state index in [2.05, 4.69) is 26.6 Å². The number of rotatable bonds is 10. The summed E-state index contributed by atoms with van der Waals surface area (Å²) in [5.74, 6) is 3.70. The molecule has 0 radical (unpaired) electrons. The van der Waals surface area contributed by atoms with Crippen LogP contribution in [-0.4, -0.2) is 57.3 Å². The average molecular weight is 363 g/mol. The van der Waals surface area contributed by atoms with Gasteiger partial charge < -0.3 is 19.8 Å². The summed E-state index contributed by atoms with van der Waals surface area (Å²) < 4.78 is 11.6. The molecule has 6 nitrogen and oxygen atoms in total. The first kappa shape index (κ1) is 19.2. The Labute approximate surface area is 157 Å². The van der Waals surface area contributed by atoms with Crippen LogP contribution in [0.15, 0.2) is 21.5 Å². The van der Waals surface area contributed by atoms with E-state index in [0.717, 1.165) is 69.2 Å². The lowest BCUT2D eigenvalue weighted by Crippen LogP contribution is -2.43. The van der Waals surface area contributed by atoms with Crippen molar-refractivity contribution in [2.45, 2.75) is 45.1 Å².